The zero-order chi connectivity index (χ0) is 11.8. The van der Waals surface area contributed by atoms with Crippen molar-refractivity contribution in [3.8, 4) is 0 Å². The van der Waals surface area contributed by atoms with Gasteiger partial charge < -0.3 is 9.64 Å². The van der Waals surface area contributed by atoms with Crippen LogP contribution in [0.1, 0.15) is 20.3 Å². The van der Waals surface area contributed by atoms with E-state index in [1.807, 2.05) is 25.8 Å². The van der Waals surface area contributed by atoms with Gasteiger partial charge in [0.25, 0.3) is 0 Å². The molecule has 15 heavy (non-hydrogen) atoms. The van der Waals surface area contributed by atoms with Crippen LogP contribution in [0.2, 0.25) is 0 Å². The first-order valence-corrected chi connectivity index (χ1v) is 5.50. The number of ether oxygens (including phenoxy) is 1. The molecule has 4 nitrogen and oxygen atoms in total. The van der Waals surface area contributed by atoms with Crippen molar-refractivity contribution in [3.05, 3.63) is 0 Å². The maximum atomic E-state index is 11.4. The number of rotatable bonds is 7. The number of carbonyl (C=O) groups is 1. The molecule has 0 spiro atoms. The number of likely N-dealkylation sites (N-methyl/N-ethyl adjacent to an activating group) is 1. The van der Waals surface area contributed by atoms with E-state index in [1.165, 1.54) is 0 Å². The topological polar surface area (TPSA) is 32.8 Å². The van der Waals surface area contributed by atoms with Crippen molar-refractivity contribution in [2.24, 2.45) is 0 Å². The van der Waals surface area contributed by atoms with E-state index in [0.717, 1.165) is 19.5 Å². The van der Waals surface area contributed by atoms with Crippen LogP contribution in [0, 0.1) is 0 Å². The van der Waals surface area contributed by atoms with Gasteiger partial charge in [0.15, 0.2) is 0 Å². The molecule has 0 radical (unpaired) electrons. The van der Waals surface area contributed by atoms with Gasteiger partial charge in [0, 0.05) is 0 Å². The first-order valence-electron chi connectivity index (χ1n) is 5.50. The molecule has 0 aliphatic rings. The molecule has 0 aliphatic heterocycles. The fraction of sp³-hybridized carbons (Fsp3) is 0.909. The van der Waals surface area contributed by atoms with Gasteiger partial charge in [-0.2, -0.15) is 0 Å². The highest BCUT2D eigenvalue weighted by atomic mass is 16.5. The molecule has 0 aromatic carbocycles. The molecule has 90 valence electrons. The molecule has 0 rings (SSSR count). The van der Waals surface area contributed by atoms with Crippen LogP contribution >= 0.6 is 0 Å². The first kappa shape index (κ1) is 14.4. The molecule has 0 N–H and O–H groups in total. The zero-order valence-electron chi connectivity index (χ0n) is 10.6. The average Bonchev–Trinajstić information content (AvgIpc) is 2.16. The largest absolute Gasteiger partial charge is 0.465 e. The third kappa shape index (κ3) is 6.47. The molecule has 1 unspecified atom stereocenters. The van der Waals surface area contributed by atoms with Crippen LogP contribution in [-0.2, 0) is 9.53 Å². The molecule has 4 heteroatoms. The fourth-order valence-corrected chi connectivity index (χ4v) is 1.27. The molecule has 0 saturated heterocycles. The first-order chi connectivity index (χ1) is 6.99. The monoisotopic (exact) mass is 216 g/mol. The third-order valence-corrected chi connectivity index (χ3v) is 2.41. The highest BCUT2D eigenvalue weighted by molar-refractivity contribution is 5.75. The highest BCUT2D eigenvalue weighted by Crippen LogP contribution is 2.00. The van der Waals surface area contributed by atoms with E-state index >= 15 is 0 Å². The number of carbonyl (C=O) groups excluding carboxylic acids is 1. The van der Waals surface area contributed by atoms with Gasteiger partial charge in [-0.1, -0.05) is 0 Å². The molecule has 0 amide bonds. The summed E-state index contributed by atoms with van der Waals surface area (Å²) < 4.78 is 4.96. The van der Waals surface area contributed by atoms with E-state index in [4.69, 9.17) is 4.74 Å². The summed E-state index contributed by atoms with van der Waals surface area (Å²) in [5, 5.41) is 0. The van der Waals surface area contributed by atoms with Crippen molar-refractivity contribution >= 4 is 5.97 Å². The number of hydrogen-bond acceptors (Lipinski definition) is 4. The molecule has 0 heterocycles. The highest BCUT2D eigenvalue weighted by Gasteiger charge is 2.18. The summed E-state index contributed by atoms with van der Waals surface area (Å²) in [6.07, 6.45) is 1.06. The van der Waals surface area contributed by atoms with E-state index in [2.05, 4.69) is 19.0 Å². The quantitative estimate of drug-likeness (QED) is 0.590. The Morgan fingerprint density at radius 1 is 1.27 bits per heavy atom. The van der Waals surface area contributed by atoms with Crippen LogP contribution < -0.4 is 0 Å². The Labute approximate surface area is 93.2 Å². The van der Waals surface area contributed by atoms with E-state index in [9.17, 15) is 4.79 Å². The maximum absolute atomic E-state index is 11.4. The van der Waals surface area contributed by atoms with Crippen molar-refractivity contribution in [1.82, 2.24) is 9.80 Å². The Morgan fingerprint density at radius 2 is 1.87 bits per heavy atom. The van der Waals surface area contributed by atoms with Gasteiger partial charge in [-0.15, -0.1) is 0 Å². The molecule has 0 bridgehead atoms. The Kier molecular flexibility index (Phi) is 7.34. The smallest absolute Gasteiger partial charge is 0.323 e. The van der Waals surface area contributed by atoms with Gasteiger partial charge in [0.1, 0.15) is 6.04 Å². The Bertz CT molecular complexity index is 183. The zero-order valence-corrected chi connectivity index (χ0v) is 10.6. The van der Waals surface area contributed by atoms with Gasteiger partial charge in [-0.05, 0) is 54.5 Å². The lowest BCUT2D eigenvalue weighted by atomic mass is 10.2. The summed E-state index contributed by atoms with van der Waals surface area (Å²) >= 11 is 0. The molecule has 0 aromatic rings. The SMILES string of the molecule is CCOC(=O)C(C)N(C)CCCN(C)C. The second kappa shape index (κ2) is 7.65. The molecule has 1 atom stereocenters. The van der Waals surface area contributed by atoms with E-state index in [-0.39, 0.29) is 12.0 Å². The summed E-state index contributed by atoms with van der Waals surface area (Å²) in [5.41, 5.74) is 0. The van der Waals surface area contributed by atoms with Crippen LogP contribution in [0.5, 0.6) is 0 Å². The number of nitrogens with zero attached hydrogens (tertiary/aromatic N) is 2. The lowest BCUT2D eigenvalue weighted by Crippen LogP contribution is -2.38. The van der Waals surface area contributed by atoms with Crippen molar-refractivity contribution in [2.45, 2.75) is 26.3 Å². The Balaban J connectivity index is 3.77. The number of hydrogen-bond donors (Lipinski definition) is 0. The predicted octanol–water partition coefficient (Wildman–Crippen LogP) is 0.822. The summed E-state index contributed by atoms with van der Waals surface area (Å²) in [4.78, 5) is 15.6. The second-order valence-corrected chi connectivity index (χ2v) is 4.07. The molecular weight excluding hydrogens is 192 g/mol. The standard InChI is InChI=1S/C11H24N2O2/c1-6-15-11(14)10(2)13(5)9-7-8-12(3)4/h10H,6-9H2,1-5H3. The van der Waals surface area contributed by atoms with Crippen LogP contribution in [0.15, 0.2) is 0 Å². The van der Waals surface area contributed by atoms with Gasteiger partial charge in [-0.25, -0.2) is 0 Å². The third-order valence-electron chi connectivity index (χ3n) is 2.41. The average molecular weight is 216 g/mol. The Morgan fingerprint density at radius 3 is 2.33 bits per heavy atom. The van der Waals surface area contributed by atoms with Crippen molar-refractivity contribution in [3.63, 3.8) is 0 Å². The Hall–Kier alpha value is -0.610. The van der Waals surface area contributed by atoms with Crippen molar-refractivity contribution in [2.75, 3.05) is 40.8 Å². The van der Waals surface area contributed by atoms with Gasteiger partial charge in [0.05, 0.1) is 6.61 Å². The number of esters is 1. The summed E-state index contributed by atoms with van der Waals surface area (Å²) in [6.45, 7) is 6.12. The summed E-state index contributed by atoms with van der Waals surface area (Å²) in [7, 11) is 6.06. The second-order valence-electron chi connectivity index (χ2n) is 4.07. The van der Waals surface area contributed by atoms with E-state index in [0.29, 0.717) is 6.61 Å². The predicted molar refractivity (Wildman–Crippen MR) is 61.9 cm³/mol. The fourth-order valence-electron chi connectivity index (χ4n) is 1.27. The molecule has 0 fully saturated rings. The molecule has 0 aromatic heterocycles. The summed E-state index contributed by atoms with van der Waals surface area (Å²) in [5.74, 6) is -0.134. The molecule has 0 saturated carbocycles. The normalized spacial score (nSPS) is 13.3. The minimum absolute atomic E-state index is 0.134. The van der Waals surface area contributed by atoms with Crippen LogP contribution in [-0.4, -0.2) is 62.7 Å². The van der Waals surface area contributed by atoms with E-state index in [1.54, 1.807) is 0 Å². The van der Waals surface area contributed by atoms with Crippen molar-refractivity contribution in [1.29, 1.82) is 0 Å². The van der Waals surface area contributed by atoms with Crippen LogP contribution in [0.4, 0.5) is 0 Å². The minimum atomic E-state index is -0.146. The molecule has 0 aliphatic carbocycles. The van der Waals surface area contributed by atoms with E-state index < -0.39 is 0 Å². The van der Waals surface area contributed by atoms with Gasteiger partial charge >= 0.3 is 5.97 Å². The van der Waals surface area contributed by atoms with Crippen LogP contribution in [0.25, 0.3) is 0 Å². The lowest BCUT2D eigenvalue weighted by molar-refractivity contribution is -0.148. The minimum Gasteiger partial charge on any atom is -0.465 e. The maximum Gasteiger partial charge on any atom is 0.323 e. The molecular formula is C11H24N2O2. The summed E-state index contributed by atoms with van der Waals surface area (Å²) in [6, 6.07) is -0.146. The van der Waals surface area contributed by atoms with Crippen LogP contribution in [0.3, 0.4) is 0 Å². The van der Waals surface area contributed by atoms with Gasteiger partial charge in [-0.3, -0.25) is 9.69 Å². The lowest BCUT2D eigenvalue weighted by Gasteiger charge is -2.23. The van der Waals surface area contributed by atoms with Gasteiger partial charge in [0.2, 0.25) is 0 Å². The van der Waals surface area contributed by atoms with Crippen molar-refractivity contribution < 1.29 is 9.53 Å².